The maximum Gasteiger partial charge on any atom is 0.185 e. The predicted octanol–water partition coefficient (Wildman–Crippen LogP) is 2.91. The standard InChI is InChI=1S/C13H23N3S/c1-9-5-10(2)7-16(6-9)13-15-12(8-17-13)11(3)14-4/h8-11,14H,5-7H2,1-4H3. The smallest absolute Gasteiger partial charge is 0.185 e. The van der Waals surface area contributed by atoms with Crippen LogP contribution in [0.5, 0.6) is 0 Å². The van der Waals surface area contributed by atoms with Gasteiger partial charge in [-0.05, 0) is 32.2 Å². The van der Waals surface area contributed by atoms with Gasteiger partial charge in [0.25, 0.3) is 0 Å². The van der Waals surface area contributed by atoms with E-state index in [1.807, 2.05) is 7.05 Å². The molecule has 1 N–H and O–H groups in total. The summed E-state index contributed by atoms with van der Waals surface area (Å²) in [6.07, 6.45) is 1.35. The van der Waals surface area contributed by atoms with Crippen LogP contribution in [0.3, 0.4) is 0 Å². The summed E-state index contributed by atoms with van der Waals surface area (Å²) in [6.45, 7) is 9.15. The zero-order chi connectivity index (χ0) is 12.4. The Morgan fingerprint density at radius 2 is 2.06 bits per heavy atom. The highest BCUT2D eigenvalue weighted by atomic mass is 32.1. The van der Waals surface area contributed by atoms with Gasteiger partial charge in [-0.1, -0.05) is 13.8 Å². The van der Waals surface area contributed by atoms with Crippen LogP contribution in [-0.2, 0) is 0 Å². The van der Waals surface area contributed by atoms with E-state index < -0.39 is 0 Å². The summed E-state index contributed by atoms with van der Waals surface area (Å²) in [7, 11) is 1.98. The molecule has 1 saturated heterocycles. The van der Waals surface area contributed by atoms with Crippen LogP contribution in [0, 0.1) is 11.8 Å². The number of nitrogens with one attached hydrogen (secondary N) is 1. The maximum atomic E-state index is 4.76. The number of hydrogen-bond donors (Lipinski definition) is 1. The highest BCUT2D eigenvalue weighted by Crippen LogP contribution is 2.29. The Morgan fingerprint density at radius 3 is 2.65 bits per heavy atom. The molecule has 1 aliphatic heterocycles. The Hall–Kier alpha value is -0.610. The Labute approximate surface area is 108 Å². The fourth-order valence-electron chi connectivity index (χ4n) is 2.59. The van der Waals surface area contributed by atoms with Crippen LogP contribution in [0.25, 0.3) is 0 Å². The van der Waals surface area contributed by atoms with Crippen molar-refractivity contribution >= 4 is 16.5 Å². The Morgan fingerprint density at radius 1 is 1.41 bits per heavy atom. The number of aromatic nitrogens is 1. The molecule has 2 rings (SSSR count). The molecule has 0 radical (unpaired) electrons. The molecular weight excluding hydrogens is 230 g/mol. The Balaban J connectivity index is 2.09. The van der Waals surface area contributed by atoms with Crippen LogP contribution >= 0.6 is 11.3 Å². The molecule has 0 amide bonds. The minimum absolute atomic E-state index is 0.347. The van der Waals surface area contributed by atoms with Gasteiger partial charge in [0.2, 0.25) is 0 Å². The molecular formula is C13H23N3S. The highest BCUT2D eigenvalue weighted by molar-refractivity contribution is 7.13. The van der Waals surface area contributed by atoms with E-state index in [0.29, 0.717) is 6.04 Å². The minimum atomic E-state index is 0.347. The molecule has 4 heteroatoms. The van der Waals surface area contributed by atoms with Crippen LogP contribution in [0.1, 0.15) is 38.9 Å². The molecule has 1 aromatic heterocycles. The molecule has 17 heavy (non-hydrogen) atoms. The lowest BCUT2D eigenvalue weighted by atomic mass is 9.92. The second-order valence-electron chi connectivity index (χ2n) is 5.42. The van der Waals surface area contributed by atoms with Crippen molar-refractivity contribution in [3.63, 3.8) is 0 Å². The molecule has 3 unspecified atom stereocenters. The lowest BCUT2D eigenvalue weighted by Gasteiger charge is -2.34. The number of rotatable bonds is 3. The summed E-state index contributed by atoms with van der Waals surface area (Å²) in [5.74, 6) is 1.57. The molecule has 3 atom stereocenters. The zero-order valence-electron chi connectivity index (χ0n) is 11.2. The van der Waals surface area contributed by atoms with Crippen molar-refractivity contribution in [3.8, 4) is 0 Å². The van der Waals surface area contributed by atoms with Gasteiger partial charge in [-0.25, -0.2) is 4.98 Å². The Kier molecular flexibility index (Phi) is 4.05. The first kappa shape index (κ1) is 12.8. The molecule has 1 aromatic rings. The summed E-state index contributed by atoms with van der Waals surface area (Å²) in [4.78, 5) is 7.21. The summed E-state index contributed by atoms with van der Waals surface area (Å²) < 4.78 is 0. The van der Waals surface area contributed by atoms with E-state index in [9.17, 15) is 0 Å². The van der Waals surface area contributed by atoms with Gasteiger partial charge in [-0.2, -0.15) is 0 Å². The van der Waals surface area contributed by atoms with Crippen molar-refractivity contribution in [2.75, 3.05) is 25.0 Å². The van der Waals surface area contributed by atoms with Gasteiger partial charge in [-0.3, -0.25) is 0 Å². The molecule has 3 nitrogen and oxygen atoms in total. The van der Waals surface area contributed by atoms with Crippen LogP contribution in [-0.4, -0.2) is 25.1 Å². The minimum Gasteiger partial charge on any atom is -0.348 e. The highest BCUT2D eigenvalue weighted by Gasteiger charge is 2.24. The van der Waals surface area contributed by atoms with E-state index >= 15 is 0 Å². The van der Waals surface area contributed by atoms with Gasteiger partial charge < -0.3 is 10.2 Å². The molecule has 0 bridgehead atoms. The van der Waals surface area contributed by atoms with E-state index in [1.54, 1.807) is 11.3 Å². The predicted molar refractivity (Wildman–Crippen MR) is 74.7 cm³/mol. The topological polar surface area (TPSA) is 28.2 Å². The number of nitrogens with zero attached hydrogens (tertiary/aromatic N) is 2. The molecule has 2 heterocycles. The number of hydrogen-bond acceptors (Lipinski definition) is 4. The fourth-order valence-corrected chi connectivity index (χ4v) is 3.53. The molecule has 1 aliphatic rings. The first-order valence-corrected chi connectivity index (χ1v) is 7.35. The molecule has 96 valence electrons. The third-order valence-corrected chi connectivity index (χ3v) is 4.45. The first-order chi connectivity index (χ1) is 8.10. The van der Waals surface area contributed by atoms with Gasteiger partial charge in [0.1, 0.15) is 0 Å². The number of thiazole rings is 1. The van der Waals surface area contributed by atoms with Crippen molar-refractivity contribution in [3.05, 3.63) is 11.1 Å². The van der Waals surface area contributed by atoms with Crippen molar-refractivity contribution in [1.29, 1.82) is 0 Å². The average molecular weight is 253 g/mol. The second-order valence-corrected chi connectivity index (χ2v) is 6.25. The van der Waals surface area contributed by atoms with E-state index in [0.717, 1.165) is 24.9 Å². The zero-order valence-corrected chi connectivity index (χ0v) is 12.0. The van der Waals surface area contributed by atoms with Crippen LogP contribution in [0.15, 0.2) is 5.38 Å². The lowest BCUT2D eigenvalue weighted by Crippen LogP contribution is -2.38. The summed E-state index contributed by atoms with van der Waals surface area (Å²) >= 11 is 1.78. The summed E-state index contributed by atoms with van der Waals surface area (Å²) in [6, 6.07) is 0.347. The van der Waals surface area contributed by atoms with Crippen molar-refractivity contribution in [2.45, 2.75) is 33.2 Å². The fraction of sp³-hybridized carbons (Fsp3) is 0.769. The van der Waals surface area contributed by atoms with E-state index in [1.165, 1.54) is 17.2 Å². The third-order valence-electron chi connectivity index (χ3n) is 3.53. The molecule has 1 fully saturated rings. The van der Waals surface area contributed by atoms with Crippen molar-refractivity contribution < 1.29 is 0 Å². The van der Waals surface area contributed by atoms with Gasteiger partial charge in [0.15, 0.2) is 5.13 Å². The second kappa shape index (κ2) is 5.36. The van der Waals surface area contributed by atoms with Gasteiger partial charge in [0, 0.05) is 24.5 Å². The normalized spacial score (nSPS) is 27.2. The molecule has 0 aliphatic carbocycles. The number of piperidine rings is 1. The number of anilines is 1. The van der Waals surface area contributed by atoms with E-state index in [-0.39, 0.29) is 0 Å². The Bertz CT molecular complexity index is 353. The average Bonchev–Trinajstić information content (AvgIpc) is 2.76. The quantitative estimate of drug-likeness (QED) is 0.898. The lowest BCUT2D eigenvalue weighted by molar-refractivity contribution is 0.356. The van der Waals surface area contributed by atoms with E-state index in [2.05, 4.69) is 36.4 Å². The summed E-state index contributed by atoms with van der Waals surface area (Å²) in [5.41, 5.74) is 1.17. The van der Waals surface area contributed by atoms with Crippen molar-refractivity contribution in [1.82, 2.24) is 10.3 Å². The van der Waals surface area contributed by atoms with Crippen molar-refractivity contribution in [2.24, 2.45) is 11.8 Å². The summed E-state index contributed by atoms with van der Waals surface area (Å²) in [5, 5.41) is 6.62. The largest absolute Gasteiger partial charge is 0.348 e. The van der Waals surface area contributed by atoms with Gasteiger partial charge >= 0.3 is 0 Å². The maximum absolute atomic E-state index is 4.76. The monoisotopic (exact) mass is 253 g/mol. The van der Waals surface area contributed by atoms with Crippen LogP contribution in [0.4, 0.5) is 5.13 Å². The first-order valence-electron chi connectivity index (χ1n) is 6.47. The van der Waals surface area contributed by atoms with Crippen LogP contribution < -0.4 is 10.2 Å². The third kappa shape index (κ3) is 2.99. The van der Waals surface area contributed by atoms with E-state index in [4.69, 9.17) is 4.98 Å². The van der Waals surface area contributed by atoms with Gasteiger partial charge in [-0.15, -0.1) is 11.3 Å². The molecule has 0 saturated carbocycles. The molecule has 0 spiro atoms. The van der Waals surface area contributed by atoms with Gasteiger partial charge in [0.05, 0.1) is 5.69 Å². The SMILES string of the molecule is CNC(C)c1csc(N2CC(C)CC(C)C2)n1. The van der Waals surface area contributed by atoms with Crippen LogP contribution in [0.2, 0.25) is 0 Å². The molecule has 0 aromatic carbocycles.